The van der Waals surface area contributed by atoms with Gasteiger partial charge in [-0.1, -0.05) is 74.5 Å². The molecule has 3 amide bonds. The second kappa shape index (κ2) is 16.7. The molecule has 1 N–H and O–H groups in total. The van der Waals surface area contributed by atoms with Crippen LogP contribution < -0.4 is 5.32 Å². The number of nitrogens with one attached hydrogen (secondary N) is 1. The highest BCUT2D eigenvalue weighted by Gasteiger charge is 2.42. The Morgan fingerprint density at radius 3 is 1.77 bits per heavy atom. The van der Waals surface area contributed by atoms with Gasteiger partial charge in [0.1, 0.15) is 13.2 Å². The highest BCUT2D eigenvalue weighted by molar-refractivity contribution is 6.00. The highest BCUT2D eigenvalue weighted by atomic mass is 16.6. The summed E-state index contributed by atoms with van der Waals surface area (Å²) in [5.41, 5.74) is 1.47. The Kier molecular flexibility index (Phi) is 13.4. The van der Waals surface area contributed by atoms with Gasteiger partial charge >= 0.3 is 18.0 Å². The number of amides is 3. The average Bonchev–Trinajstić information content (AvgIpc) is 2.96. The van der Waals surface area contributed by atoms with Crippen LogP contribution in [0.5, 0.6) is 0 Å². The first-order valence-electron chi connectivity index (χ1n) is 13.2. The molecule has 10 heteroatoms. The van der Waals surface area contributed by atoms with Crippen molar-refractivity contribution in [3.63, 3.8) is 0 Å². The molecule has 0 spiro atoms. The van der Waals surface area contributed by atoms with Crippen molar-refractivity contribution < 1.29 is 38.2 Å². The van der Waals surface area contributed by atoms with Crippen LogP contribution in [0, 0.1) is 17.8 Å². The summed E-state index contributed by atoms with van der Waals surface area (Å²) in [7, 11) is 2.48. The molecule has 40 heavy (non-hydrogen) atoms. The normalized spacial score (nSPS) is 11.4. The lowest BCUT2D eigenvalue weighted by molar-refractivity contribution is -0.169. The Hall–Kier alpha value is -4.21. The molecule has 2 aromatic rings. The van der Waals surface area contributed by atoms with Crippen molar-refractivity contribution in [1.82, 2.24) is 10.2 Å². The van der Waals surface area contributed by atoms with Crippen molar-refractivity contribution in [2.24, 2.45) is 17.8 Å². The van der Waals surface area contributed by atoms with E-state index in [1.54, 1.807) is 48.5 Å². The zero-order chi connectivity index (χ0) is 29.5. The van der Waals surface area contributed by atoms with Gasteiger partial charge in [-0.2, -0.15) is 0 Å². The molecule has 216 valence electrons. The number of esters is 2. The molecule has 0 aliphatic carbocycles. The summed E-state index contributed by atoms with van der Waals surface area (Å²) < 4.78 is 15.5. The average molecular weight is 555 g/mol. The van der Waals surface area contributed by atoms with Gasteiger partial charge in [-0.05, 0) is 29.9 Å². The second-order valence-electron chi connectivity index (χ2n) is 9.72. The SMILES string of the molecule is COC(=O)N(C)C(=O)CCCNC(=O)[C@H](CC(C)C)C(C(=O)OCc1ccccc1)C(=O)OCc1ccccc1. The Morgan fingerprint density at radius 2 is 1.32 bits per heavy atom. The Labute approximate surface area is 235 Å². The zero-order valence-electron chi connectivity index (χ0n) is 23.5. The van der Waals surface area contributed by atoms with Gasteiger partial charge in [0.25, 0.3) is 0 Å². The van der Waals surface area contributed by atoms with Crippen LogP contribution in [-0.4, -0.2) is 55.4 Å². The van der Waals surface area contributed by atoms with Gasteiger partial charge in [0.2, 0.25) is 11.8 Å². The summed E-state index contributed by atoms with van der Waals surface area (Å²) in [4.78, 5) is 64.4. The van der Waals surface area contributed by atoms with E-state index in [4.69, 9.17) is 9.47 Å². The van der Waals surface area contributed by atoms with Crippen LogP contribution in [-0.2, 0) is 46.6 Å². The molecule has 2 rings (SSSR count). The monoisotopic (exact) mass is 554 g/mol. The largest absolute Gasteiger partial charge is 0.460 e. The molecule has 10 nitrogen and oxygen atoms in total. The van der Waals surface area contributed by atoms with Crippen LogP contribution in [0.25, 0.3) is 0 Å². The molecule has 0 aliphatic rings. The summed E-state index contributed by atoms with van der Waals surface area (Å²) in [5.74, 6) is -5.26. The molecule has 0 bridgehead atoms. The first-order valence-corrected chi connectivity index (χ1v) is 13.2. The molecule has 0 heterocycles. The van der Waals surface area contributed by atoms with Crippen LogP contribution in [0.15, 0.2) is 60.7 Å². The fourth-order valence-electron chi connectivity index (χ4n) is 3.95. The molecular formula is C30H38N2O8. The summed E-state index contributed by atoms with van der Waals surface area (Å²) in [5, 5.41) is 2.72. The summed E-state index contributed by atoms with van der Waals surface area (Å²) >= 11 is 0. The topological polar surface area (TPSA) is 128 Å². The molecule has 2 aromatic carbocycles. The van der Waals surface area contributed by atoms with Gasteiger partial charge in [-0.25, -0.2) is 4.79 Å². The minimum atomic E-state index is -1.48. The molecule has 0 fully saturated rings. The van der Waals surface area contributed by atoms with Gasteiger partial charge in [0, 0.05) is 20.0 Å². The molecule has 1 atom stereocenters. The first-order chi connectivity index (χ1) is 19.1. The van der Waals surface area contributed by atoms with E-state index in [-0.39, 0.29) is 44.9 Å². The number of nitrogens with zero attached hydrogens (tertiary/aromatic N) is 1. The van der Waals surface area contributed by atoms with E-state index in [0.717, 1.165) is 16.0 Å². The third-order valence-electron chi connectivity index (χ3n) is 6.11. The summed E-state index contributed by atoms with van der Waals surface area (Å²) in [6.45, 7) is 3.73. The van der Waals surface area contributed by atoms with E-state index in [1.165, 1.54) is 14.2 Å². The fourth-order valence-corrected chi connectivity index (χ4v) is 3.95. The molecular weight excluding hydrogens is 516 g/mol. The van der Waals surface area contributed by atoms with Gasteiger partial charge in [-0.15, -0.1) is 0 Å². The maximum absolute atomic E-state index is 13.3. The molecule has 0 aromatic heterocycles. The fraction of sp³-hybridized carbons (Fsp3) is 0.433. The number of rotatable bonds is 14. The van der Waals surface area contributed by atoms with E-state index < -0.39 is 41.7 Å². The Bertz CT molecular complexity index is 1070. The number of benzene rings is 2. The lowest BCUT2D eigenvalue weighted by Gasteiger charge is -2.25. The molecule has 0 aliphatic heterocycles. The van der Waals surface area contributed by atoms with Crippen LogP contribution in [0.3, 0.4) is 0 Å². The quantitative estimate of drug-likeness (QED) is 0.161. The van der Waals surface area contributed by atoms with Crippen molar-refractivity contribution in [2.45, 2.75) is 46.3 Å². The first kappa shape index (κ1) is 32.0. The van der Waals surface area contributed by atoms with E-state index >= 15 is 0 Å². The van der Waals surface area contributed by atoms with Gasteiger partial charge < -0.3 is 19.5 Å². The van der Waals surface area contributed by atoms with Crippen molar-refractivity contribution in [2.75, 3.05) is 20.7 Å². The predicted molar refractivity (Wildman–Crippen MR) is 146 cm³/mol. The third kappa shape index (κ3) is 10.5. The Balaban J connectivity index is 2.14. The number of carbonyl (C=O) groups excluding carboxylic acids is 5. The second-order valence-corrected chi connectivity index (χ2v) is 9.72. The van der Waals surface area contributed by atoms with Gasteiger partial charge in [0.15, 0.2) is 5.92 Å². The third-order valence-corrected chi connectivity index (χ3v) is 6.11. The minimum absolute atomic E-state index is 0.0115. The van der Waals surface area contributed by atoms with Gasteiger partial charge in [0.05, 0.1) is 13.0 Å². The standard InChI is InChI=1S/C30H38N2O8/c1-21(2)18-24(27(34)31-17-11-16-25(33)32(3)30(37)38-4)26(28(35)39-19-22-12-7-5-8-13-22)29(36)40-20-23-14-9-6-10-15-23/h5-10,12-15,21,24,26H,11,16-20H2,1-4H3,(H,31,34)/t24-/m1/s1. The lowest BCUT2D eigenvalue weighted by Crippen LogP contribution is -2.44. The van der Waals surface area contributed by atoms with Crippen LogP contribution in [0.1, 0.15) is 44.2 Å². The number of hydrogen-bond acceptors (Lipinski definition) is 8. The molecule has 0 saturated carbocycles. The number of imide groups is 1. The lowest BCUT2D eigenvalue weighted by atomic mass is 9.84. The van der Waals surface area contributed by atoms with Crippen LogP contribution in [0.2, 0.25) is 0 Å². The van der Waals surface area contributed by atoms with Crippen LogP contribution >= 0.6 is 0 Å². The minimum Gasteiger partial charge on any atom is -0.460 e. The summed E-state index contributed by atoms with van der Waals surface area (Å²) in [6, 6.07) is 18.0. The van der Waals surface area contributed by atoms with Crippen molar-refractivity contribution in [1.29, 1.82) is 0 Å². The number of hydrogen-bond donors (Lipinski definition) is 1. The molecule has 0 unspecified atom stereocenters. The van der Waals surface area contributed by atoms with E-state index in [2.05, 4.69) is 10.1 Å². The summed E-state index contributed by atoms with van der Waals surface area (Å²) in [6.07, 6.45) is -0.331. The highest BCUT2D eigenvalue weighted by Crippen LogP contribution is 2.25. The maximum Gasteiger partial charge on any atom is 0.415 e. The molecule has 0 radical (unpaired) electrons. The zero-order valence-corrected chi connectivity index (χ0v) is 23.5. The van der Waals surface area contributed by atoms with Crippen molar-refractivity contribution in [3.05, 3.63) is 71.8 Å². The molecule has 0 saturated heterocycles. The number of methoxy groups -OCH3 is 1. The van der Waals surface area contributed by atoms with Crippen molar-refractivity contribution >= 4 is 29.8 Å². The smallest absolute Gasteiger partial charge is 0.415 e. The van der Waals surface area contributed by atoms with Gasteiger partial charge in [-0.3, -0.25) is 24.1 Å². The van der Waals surface area contributed by atoms with Crippen LogP contribution in [0.4, 0.5) is 4.79 Å². The van der Waals surface area contributed by atoms with E-state index in [9.17, 15) is 24.0 Å². The number of carbonyl (C=O) groups is 5. The predicted octanol–water partition coefficient (Wildman–Crippen LogP) is 3.87. The number of ether oxygens (including phenoxy) is 3. The van der Waals surface area contributed by atoms with Crippen molar-refractivity contribution in [3.8, 4) is 0 Å². The van der Waals surface area contributed by atoms with E-state index in [1.807, 2.05) is 26.0 Å². The Morgan fingerprint density at radius 1 is 0.825 bits per heavy atom. The maximum atomic E-state index is 13.3. The van der Waals surface area contributed by atoms with E-state index in [0.29, 0.717) is 0 Å².